The van der Waals surface area contributed by atoms with Crippen molar-refractivity contribution in [1.29, 1.82) is 0 Å². The molecule has 0 saturated heterocycles. The zero-order valence-corrected chi connectivity index (χ0v) is 12.6. The first-order valence-electron chi connectivity index (χ1n) is 7.19. The van der Waals surface area contributed by atoms with Gasteiger partial charge in [-0.05, 0) is 37.6 Å². The molecule has 23 heavy (non-hydrogen) atoms. The summed E-state index contributed by atoms with van der Waals surface area (Å²) in [6, 6.07) is 3.95. The molecular formula is C16H15F3N4. The van der Waals surface area contributed by atoms with Crippen molar-refractivity contribution in [3.8, 4) is 0 Å². The largest absolute Gasteiger partial charge is 0.416 e. The molecule has 0 aromatic carbocycles. The highest BCUT2D eigenvalue weighted by molar-refractivity contribution is 6.16. The monoisotopic (exact) mass is 320 g/mol. The Kier molecular flexibility index (Phi) is 3.79. The molecule has 120 valence electrons. The van der Waals surface area contributed by atoms with Gasteiger partial charge < -0.3 is 5.32 Å². The van der Waals surface area contributed by atoms with Gasteiger partial charge in [0.05, 0.1) is 23.5 Å². The summed E-state index contributed by atoms with van der Waals surface area (Å²) in [7, 11) is 0. The number of fused-ring (bicyclic) bond motifs is 1. The average molecular weight is 320 g/mol. The van der Waals surface area contributed by atoms with Gasteiger partial charge in [-0.25, -0.2) is 4.98 Å². The molecule has 0 fully saturated rings. The molecule has 7 heteroatoms. The quantitative estimate of drug-likeness (QED) is 0.939. The van der Waals surface area contributed by atoms with Gasteiger partial charge in [-0.15, -0.1) is 0 Å². The summed E-state index contributed by atoms with van der Waals surface area (Å²) >= 11 is 0. The Labute approximate surface area is 131 Å². The van der Waals surface area contributed by atoms with Crippen LogP contribution in [0.5, 0.6) is 0 Å². The van der Waals surface area contributed by atoms with Gasteiger partial charge in [0.1, 0.15) is 5.82 Å². The Morgan fingerprint density at radius 1 is 1.13 bits per heavy atom. The molecule has 1 aliphatic rings. The van der Waals surface area contributed by atoms with E-state index in [1.165, 1.54) is 0 Å². The van der Waals surface area contributed by atoms with Crippen LogP contribution in [0.1, 0.15) is 36.2 Å². The van der Waals surface area contributed by atoms with Gasteiger partial charge in [0.15, 0.2) is 0 Å². The van der Waals surface area contributed by atoms with E-state index in [1.54, 1.807) is 6.20 Å². The molecule has 3 heterocycles. The van der Waals surface area contributed by atoms with Gasteiger partial charge in [0, 0.05) is 24.0 Å². The van der Waals surface area contributed by atoms with Crippen LogP contribution < -0.4 is 5.32 Å². The van der Waals surface area contributed by atoms with Crippen molar-refractivity contribution in [2.75, 3.05) is 5.32 Å². The molecule has 3 rings (SSSR count). The molecule has 0 bridgehead atoms. The van der Waals surface area contributed by atoms with E-state index in [-0.39, 0.29) is 11.7 Å². The molecule has 0 atom stereocenters. The zero-order chi connectivity index (χ0) is 16.6. The predicted molar refractivity (Wildman–Crippen MR) is 81.6 cm³/mol. The first-order chi connectivity index (χ1) is 10.9. The molecule has 4 nitrogen and oxygen atoms in total. The lowest BCUT2D eigenvalue weighted by molar-refractivity contribution is -0.137. The number of pyridine rings is 2. The van der Waals surface area contributed by atoms with Crippen molar-refractivity contribution in [2.24, 2.45) is 4.99 Å². The number of anilines is 1. The summed E-state index contributed by atoms with van der Waals surface area (Å²) in [4.78, 5) is 12.7. The summed E-state index contributed by atoms with van der Waals surface area (Å²) in [6.45, 7) is 4.35. The first-order valence-corrected chi connectivity index (χ1v) is 7.19. The fourth-order valence-corrected chi connectivity index (χ4v) is 2.47. The van der Waals surface area contributed by atoms with Crippen molar-refractivity contribution in [2.45, 2.75) is 32.6 Å². The number of nitrogens with zero attached hydrogens (tertiary/aromatic N) is 3. The van der Waals surface area contributed by atoms with E-state index in [9.17, 15) is 13.2 Å². The normalized spacial score (nSPS) is 13.9. The molecule has 0 unspecified atom stereocenters. The van der Waals surface area contributed by atoms with Crippen molar-refractivity contribution < 1.29 is 13.2 Å². The highest BCUT2D eigenvalue weighted by Crippen LogP contribution is 2.32. The van der Waals surface area contributed by atoms with E-state index in [0.717, 1.165) is 29.5 Å². The van der Waals surface area contributed by atoms with Crippen molar-refractivity contribution in [3.63, 3.8) is 0 Å². The lowest BCUT2D eigenvalue weighted by atomic mass is 10.0. The molecule has 0 aliphatic carbocycles. The first kappa shape index (κ1) is 15.5. The highest BCUT2D eigenvalue weighted by Gasteiger charge is 2.32. The van der Waals surface area contributed by atoms with E-state index in [0.29, 0.717) is 18.1 Å². The number of nitrogens with one attached hydrogen (secondary N) is 1. The molecule has 2 aromatic rings. The van der Waals surface area contributed by atoms with E-state index >= 15 is 0 Å². The minimum atomic E-state index is -4.41. The molecule has 0 spiro atoms. The Balaban J connectivity index is 2.06. The van der Waals surface area contributed by atoms with Crippen molar-refractivity contribution in [3.05, 3.63) is 53.0 Å². The highest BCUT2D eigenvalue weighted by atomic mass is 19.4. The Bertz CT molecular complexity index is 766. The topological polar surface area (TPSA) is 50.2 Å². The summed E-state index contributed by atoms with van der Waals surface area (Å²) in [5.41, 5.74) is 1.58. The van der Waals surface area contributed by atoms with E-state index in [2.05, 4.69) is 20.3 Å². The van der Waals surface area contributed by atoms with E-state index < -0.39 is 11.7 Å². The van der Waals surface area contributed by atoms with Crippen LogP contribution in [0.2, 0.25) is 0 Å². The standard InChI is InChI=1S/C16H15F3N4/c1-9(2)23-15-13-10(3-5-21-15)8-22-14(13)12-7-11(4-6-20-12)16(17,18)19/h3-7,9H,8H2,1-2H3,(H,21,23). The third-order valence-corrected chi connectivity index (χ3v) is 3.44. The van der Waals surface area contributed by atoms with Crippen molar-refractivity contribution in [1.82, 2.24) is 9.97 Å². The summed E-state index contributed by atoms with van der Waals surface area (Å²) in [5.74, 6) is 0.618. The lowest BCUT2D eigenvalue weighted by Crippen LogP contribution is -2.16. The van der Waals surface area contributed by atoms with E-state index in [1.807, 2.05) is 19.9 Å². The van der Waals surface area contributed by atoms with Crippen LogP contribution in [0.25, 0.3) is 0 Å². The molecule has 0 amide bonds. The Hall–Kier alpha value is -2.44. The average Bonchev–Trinajstić information content (AvgIpc) is 2.91. The van der Waals surface area contributed by atoms with Gasteiger partial charge in [0.2, 0.25) is 0 Å². The molecule has 1 aliphatic heterocycles. The number of halogens is 3. The molecule has 0 saturated carbocycles. The smallest absolute Gasteiger partial charge is 0.367 e. The lowest BCUT2D eigenvalue weighted by Gasteiger charge is -2.14. The minimum absolute atomic E-state index is 0.144. The van der Waals surface area contributed by atoms with Crippen LogP contribution in [0, 0.1) is 0 Å². The molecule has 1 N–H and O–H groups in total. The molecular weight excluding hydrogens is 305 g/mol. The predicted octanol–water partition coefficient (Wildman–Crippen LogP) is 3.67. The van der Waals surface area contributed by atoms with Gasteiger partial charge in [-0.2, -0.15) is 13.2 Å². The van der Waals surface area contributed by atoms with Crippen LogP contribution in [0.15, 0.2) is 35.6 Å². The summed E-state index contributed by atoms with van der Waals surface area (Å²) < 4.78 is 38.7. The van der Waals surface area contributed by atoms with E-state index in [4.69, 9.17) is 0 Å². The second-order valence-corrected chi connectivity index (χ2v) is 5.59. The van der Waals surface area contributed by atoms with Gasteiger partial charge >= 0.3 is 6.18 Å². The molecule has 0 radical (unpaired) electrons. The number of alkyl halides is 3. The van der Waals surface area contributed by atoms with Gasteiger partial charge in [-0.3, -0.25) is 9.98 Å². The van der Waals surface area contributed by atoms with Crippen LogP contribution >= 0.6 is 0 Å². The van der Waals surface area contributed by atoms with Gasteiger partial charge in [0.25, 0.3) is 0 Å². The number of hydrogen-bond donors (Lipinski definition) is 1. The fourth-order valence-electron chi connectivity index (χ4n) is 2.47. The van der Waals surface area contributed by atoms with Crippen LogP contribution in [-0.2, 0) is 12.7 Å². The number of rotatable bonds is 3. The summed E-state index contributed by atoms with van der Waals surface area (Å²) in [5, 5.41) is 3.21. The van der Waals surface area contributed by atoms with Crippen LogP contribution in [0.3, 0.4) is 0 Å². The zero-order valence-electron chi connectivity index (χ0n) is 12.6. The van der Waals surface area contributed by atoms with Crippen LogP contribution in [0.4, 0.5) is 19.0 Å². The molecule has 2 aromatic heterocycles. The third kappa shape index (κ3) is 3.04. The number of aromatic nitrogens is 2. The van der Waals surface area contributed by atoms with Crippen molar-refractivity contribution >= 4 is 11.5 Å². The maximum atomic E-state index is 12.9. The third-order valence-electron chi connectivity index (χ3n) is 3.44. The maximum Gasteiger partial charge on any atom is 0.416 e. The second kappa shape index (κ2) is 5.64. The minimum Gasteiger partial charge on any atom is -0.367 e. The summed E-state index contributed by atoms with van der Waals surface area (Å²) in [6.07, 6.45) is -1.58. The Morgan fingerprint density at radius 3 is 2.57 bits per heavy atom. The second-order valence-electron chi connectivity index (χ2n) is 5.59. The van der Waals surface area contributed by atoms with Gasteiger partial charge in [-0.1, -0.05) is 0 Å². The number of hydrogen-bond acceptors (Lipinski definition) is 4. The Morgan fingerprint density at radius 2 is 1.87 bits per heavy atom. The van der Waals surface area contributed by atoms with Crippen LogP contribution in [-0.4, -0.2) is 21.7 Å². The number of aliphatic imine (C=N–C) groups is 1. The SMILES string of the molecule is CC(C)Nc1nccc2c1C(c1cc(C(F)(F)F)ccn1)=NC2. The maximum absolute atomic E-state index is 12.9. The fraction of sp³-hybridized carbons (Fsp3) is 0.312.